The van der Waals surface area contributed by atoms with E-state index >= 15 is 0 Å². The maximum atomic E-state index is 2.41. The summed E-state index contributed by atoms with van der Waals surface area (Å²) < 4.78 is 0. The highest BCUT2D eigenvalue weighted by Gasteiger charge is 2.30. The Morgan fingerprint density at radius 2 is 1.40 bits per heavy atom. The van der Waals surface area contributed by atoms with Crippen molar-refractivity contribution in [3.05, 3.63) is 11.1 Å². The average molecular weight is 212 g/mol. The molecule has 0 saturated carbocycles. The summed E-state index contributed by atoms with van der Waals surface area (Å²) in [4.78, 5) is 4.65. The van der Waals surface area contributed by atoms with Crippen molar-refractivity contribution in [1.82, 2.24) is 9.80 Å². The second-order valence-electron chi connectivity index (χ2n) is 5.39. The Morgan fingerprint density at radius 3 is 1.67 bits per heavy atom. The van der Waals surface area contributed by atoms with E-state index in [-0.39, 0.29) is 5.54 Å². The third-order valence-corrected chi connectivity index (χ3v) is 3.86. The summed E-state index contributed by atoms with van der Waals surface area (Å²) in [5.74, 6) is 0. The molecule has 1 atom stereocenters. The number of likely N-dealkylation sites (N-methyl/N-ethyl adjacent to an activating group) is 1. The van der Waals surface area contributed by atoms with E-state index in [2.05, 4.69) is 72.5 Å². The normalized spacial score (nSPS) is 14.6. The zero-order chi connectivity index (χ0) is 12.4. The van der Waals surface area contributed by atoms with Gasteiger partial charge in [-0.2, -0.15) is 0 Å². The predicted octanol–water partition coefficient (Wildman–Crippen LogP) is 2.96. The lowest BCUT2D eigenvalue weighted by Crippen LogP contribution is -2.52. The van der Waals surface area contributed by atoms with Gasteiger partial charge in [0.1, 0.15) is 0 Å². The molecule has 0 heterocycles. The quantitative estimate of drug-likeness (QED) is 0.522. The molecule has 0 bridgehead atoms. The Morgan fingerprint density at radius 1 is 1.00 bits per heavy atom. The molecule has 0 amide bonds. The first-order chi connectivity index (χ1) is 6.62. The molecule has 0 aromatic rings. The molecule has 1 unspecified atom stereocenters. The van der Waals surface area contributed by atoms with Crippen LogP contribution in [-0.4, -0.2) is 42.6 Å². The number of hydrogen-bond donors (Lipinski definition) is 0. The van der Waals surface area contributed by atoms with E-state index in [0.29, 0.717) is 6.17 Å². The second kappa shape index (κ2) is 5.13. The fraction of sp³-hybridized carbons (Fsp3) is 0.846. The van der Waals surface area contributed by atoms with Crippen LogP contribution in [0.25, 0.3) is 0 Å². The maximum Gasteiger partial charge on any atom is 0.0593 e. The zero-order valence-corrected chi connectivity index (χ0v) is 12.0. The fourth-order valence-electron chi connectivity index (χ4n) is 1.69. The molecule has 0 aliphatic carbocycles. The Kier molecular flexibility index (Phi) is 5.01. The summed E-state index contributed by atoms with van der Waals surface area (Å²) in [6, 6.07) is 0. The van der Waals surface area contributed by atoms with E-state index in [0.717, 1.165) is 0 Å². The summed E-state index contributed by atoms with van der Waals surface area (Å²) >= 11 is 0. The molecule has 0 rings (SSSR count). The first-order valence-electron chi connectivity index (χ1n) is 5.66. The van der Waals surface area contributed by atoms with Crippen molar-refractivity contribution in [2.24, 2.45) is 0 Å². The fourth-order valence-corrected chi connectivity index (χ4v) is 1.69. The van der Waals surface area contributed by atoms with Gasteiger partial charge in [-0.15, -0.1) is 0 Å². The van der Waals surface area contributed by atoms with E-state index in [4.69, 9.17) is 0 Å². The van der Waals surface area contributed by atoms with Gasteiger partial charge in [0.05, 0.1) is 6.17 Å². The Labute approximate surface area is 95.9 Å². The van der Waals surface area contributed by atoms with Gasteiger partial charge in [0, 0.05) is 5.54 Å². The highest BCUT2D eigenvalue weighted by Crippen LogP contribution is 2.27. The van der Waals surface area contributed by atoms with Crippen LogP contribution in [-0.2, 0) is 0 Å². The first kappa shape index (κ1) is 14.7. The van der Waals surface area contributed by atoms with Crippen molar-refractivity contribution < 1.29 is 0 Å². The molecule has 2 nitrogen and oxygen atoms in total. The summed E-state index contributed by atoms with van der Waals surface area (Å²) in [5, 5.41) is 0. The summed E-state index contributed by atoms with van der Waals surface area (Å²) in [5.41, 5.74) is 2.99. The third kappa shape index (κ3) is 3.32. The van der Waals surface area contributed by atoms with E-state index in [1.807, 2.05) is 0 Å². The third-order valence-electron chi connectivity index (χ3n) is 3.86. The minimum atomic E-state index is 0.114. The molecular weight excluding hydrogens is 184 g/mol. The van der Waals surface area contributed by atoms with Gasteiger partial charge in [-0.3, -0.25) is 9.80 Å². The van der Waals surface area contributed by atoms with Crippen LogP contribution in [0.2, 0.25) is 0 Å². The molecule has 2 heteroatoms. The zero-order valence-electron chi connectivity index (χ0n) is 12.0. The molecule has 0 aliphatic heterocycles. The lowest BCUT2D eigenvalue weighted by molar-refractivity contribution is 0.0520. The Balaban J connectivity index is 4.97. The molecule has 0 aliphatic rings. The Hall–Kier alpha value is -0.340. The molecule has 0 spiro atoms. The van der Waals surface area contributed by atoms with Crippen LogP contribution in [0, 0.1) is 0 Å². The molecule has 0 saturated heterocycles. The number of allylic oxidation sites excluding steroid dienone is 1. The van der Waals surface area contributed by atoms with Gasteiger partial charge in [-0.1, -0.05) is 11.1 Å². The maximum absolute atomic E-state index is 2.41. The number of hydrogen-bond acceptors (Lipinski definition) is 2. The van der Waals surface area contributed by atoms with Gasteiger partial charge in [0.25, 0.3) is 0 Å². The van der Waals surface area contributed by atoms with Gasteiger partial charge >= 0.3 is 0 Å². The largest absolute Gasteiger partial charge is 0.294 e. The van der Waals surface area contributed by atoms with Gasteiger partial charge in [0.15, 0.2) is 0 Å². The van der Waals surface area contributed by atoms with Crippen molar-refractivity contribution in [2.45, 2.75) is 53.2 Å². The summed E-state index contributed by atoms with van der Waals surface area (Å²) in [6.45, 7) is 13.4. The highest BCUT2D eigenvalue weighted by atomic mass is 15.3. The minimum absolute atomic E-state index is 0.114. The van der Waals surface area contributed by atoms with Crippen molar-refractivity contribution in [3.8, 4) is 0 Å². The smallest absolute Gasteiger partial charge is 0.0593 e. The SMILES string of the molecule is CC(C)=C(C)C(C)(C)N(C)C(C)N(C)C. The van der Waals surface area contributed by atoms with E-state index in [1.165, 1.54) is 11.1 Å². The van der Waals surface area contributed by atoms with Crippen molar-refractivity contribution in [2.75, 3.05) is 21.1 Å². The second-order valence-corrected chi connectivity index (χ2v) is 5.39. The highest BCUT2D eigenvalue weighted by molar-refractivity contribution is 5.20. The molecule has 90 valence electrons. The molecule has 15 heavy (non-hydrogen) atoms. The van der Waals surface area contributed by atoms with Gasteiger partial charge < -0.3 is 0 Å². The molecule has 0 N–H and O–H groups in total. The Bertz CT molecular complexity index is 235. The van der Waals surface area contributed by atoms with E-state index in [9.17, 15) is 0 Å². The molecule has 0 aromatic heterocycles. The van der Waals surface area contributed by atoms with Gasteiger partial charge in [-0.25, -0.2) is 0 Å². The number of rotatable bonds is 4. The van der Waals surface area contributed by atoms with Crippen molar-refractivity contribution >= 4 is 0 Å². The standard InChI is InChI=1S/C13H28N2/c1-10(2)11(3)13(5,6)15(9)12(4)14(7)8/h12H,1-9H3. The first-order valence-corrected chi connectivity index (χ1v) is 5.66. The molecular formula is C13H28N2. The van der Waals surface area contributed by atoms with Crippen LogP contribution in [0.4, 0.5) is 0 Å². The average Bonchev–Trinajstić information content (AvgIpc) is 2.13. The van der Waals surface area contributed by atoms with Crippen LogP contribution < -0.4 is 0 Å². The lowest BCUT2D eigenvalue weighted by atomic mass is 9.90. The van der Waals surface area contributed by atoms with Crippen molar-refractivity contribution in [3.63, 3.8) is 0 Å². The van der Waals surface area contributed by atoms with Crippen LogP contribution in [0.5, 0.6) is 0 Å². The van der Waals surface area contributed by atoms with Crippen LogP contribution in [0.1, 0.15) is 41.5 Å². The molecule has 0 aromatic carbocycles. The summed E-state index contributed by atoms with van der Waals surface area (Å²) in [6.07, 6.45) is 0.439. The van der Waals surface area contributed by atoms with Gasteiger partial charge in [-0.05, 0) is 62.7 Å². The van der Waals surface area contributed by atoms with Crippen LogP contribution >= 0.6 is 0 Å². The molecule has 0 radical (unpaired) electrons. The number of nitrogens with zero attached hydrogens (tertiary/aromatic N) is 2. The minimum Gasteiger partial charge on any atom is -0.294 e. The van der Waals surface area contributed by atoms with Gasteiger partial charge in [0.2, 0.25) is 0 Å². The summed E-state index contributed by atoms with van der Waals surface area (Å²) in [7, 11) is 6.43. The predicted molar refractivity (Wildman–Crippen MR) is 69.0 cm³/mol. The molecule has 0 fully saturated rings. The van der Waals surface area contributed by atoms with Crippen LogP contribution in [0.3, 0.4) is 0 Å². The lowest BCUT2D eigenvalue weighted by Gasteiger charge is -2.43. The van der Waals surface area contributed by atoms with E-state index < -0.39 is 0 Å². The van der Waals surface area contributed by atoms with Crippen LogP contribution in [0.15, 0.2) is 11.1 Å². The monoisotopic (exact) mass is 212 g/mol. The topological polar surface area (TPSA) is 6.48 Å². The van der Waals surface area contributed by atoms with E-state index in [1.54, 1.807) is 0 Å². The van der Waals surface area contributed by atoms with Crippen molar-refractivity contribution in [1.29, 1.82) is 0 Å².